The van der Waals surface area contributed by atoms with Crippen molar-refractivity contribution in [1.82, 2.24) is 15.0 Å². The minimum atomic E-state index is -0.220. The maximum atomic E-state index is 9.72. The van der Waals surface area contributed by atoms with E-state index in [2.05, 4.69) is 14.9 Å². The fourth-order valence-corrected chi connectivity index (χ4v) is 3.17. The third kappa shape index (κ3) is 3.13. The molecule has 1 fully saturated rings. The Kier molecular flexibility index (Phi) is 4.19. The number of aliphatic hydroxyl groups excluding tert-OH is 1. The van der Waals surface area contributed by atoms with Crippen LogP contribution in [0, 0.1) is 6.92 Å². The molecule has 0 saturated carbocycles. The highest BCUT2D eigenvalue weighted by atomic mass is 16.3. The van der Waals surface area contributed by atoms with Gasteiger partial charge in [0, 0.05) is 42.8 Å². The van der Waals surface area contributed by atoms with Gasteiger partial charge in [0.15, 0.2) is 0 Å². The molecule has 0 aliphatic carbocycles. The zero-order chi connectivity index (χ0) is 17.2. The van der Waals surface area contributed by atoms with Crippen LogP contribution < -0.4 is 4.90 Å². The standard InChI is InChI=1S/C19H20N4O2/c1-13-16(6-11-25-13)18-17(14-2-7-20-8-3-14)12-21-19(22-18)23-9-4-15(24)5-10-23/h2-3,6-8,11-12,15,24H,4-5,9-10H2,1H3. The van der Waals surface area contributed by atoms with Gasteiger partial charge in [-0.2, -0.15) is 0 Å². The Balaban J connectivity index is 1.79. The Morgan fingerprint density at radius 3 is 2.56 bits per heavy atom. The number of aryl methyl sites for hydroxylation is 1. The average molecular weight is 336 g/mol. The summed E-state index contributed by atoms with van der Waals surface area (Å²) in [6.07, 6.45) is 8.35. The number of pyridine rings is 1. The molecule has 0 atom stereocenters. The van der Waals surface area contributed by atoms with Gasteiger partial charge in [-0.25, -0.2) is 9.97 Å². The fraction of sp³-hybridized carbons (Fsp3) is 0.316. The van der Waals surface area contributed by atoms with Gasteiger partial charge >= 0.3 is 0 Å². The second-order valence-electron chi connectivity index (χ2n) is 6.28. The van der Waals surface area contributed by atoms with Crippen molar-refractivity contribution in [1.29, 1.82) is 0 Å². The molecule has 1 N–H and O–H groups in total. The van der Waals surface area contributed by atoms with Gasteiger partial charge in [-0.05, 0) is 43.5 Å². The molecule has 25 heavy (non-hydrogen) atoms. The molecule has 4 rings (SSSR count). The number of hydrogen-bond acceptors (Lipinski definition) is 6. The fourth-order valence-electron chi connectivity index (χ4n) is 3.17. The third-order valence-corrected chi connectivity index (χ3v) is 4.63. The monoisotopic (exact) mass is 336 g/mol. The highest BCUT2D eigenvalue weighted by Gasteiger charge is 2.21. The number of nitrogens with zero attached hydrogens (tertiary/aromatic N) is 4. The van der Waals surface area contributed by atoms with Crippen LogP contribution in [0.15, 0.2) is 47.5 Å². The largest absolute Gasteiger partial charge is 0.469 e. The number of furan rings is 1. The quantitative estimate of drug-likeness (QED) is 0.792. The van der Waals surface area contributed by atoms with E-state index in [0.717, 1.165) is 54.1 Å². The SMILES string of the molecule is Cc1occc1-c1nc(N2CCC(O)CC2)ncc1-c1ccncc1. The van der Waals surface area contributed by atoms with E-state index in [1.807, 2.05) is 31.3 Å². The molecule has 6 heteroatoms. The topological polar surface area (TPSA) is 75.3 Å². The predicted octanol–water partition coefficient (Wildman–Crippen LogP) is 3.07. The van der Waals surface area contributed by atoms with Gasteiger partial charge in [0.05, 0.1) is 18.1 Å². The molecule has 0 spiro atoms. The maximum Gasteiger partial charge on any atom is 0.225 e. The number of rotatable bonds is 3. The lowest BCUT2D eigenvalue weighted by Crippen LogP contribution is -2.36. The van der Waals surface area contributed by atoms with Crippen LogP contribution in [0.2, 0.25) is 0 Å². The van der Waals surface area contributed by atoms with Crippen molar-refractivity contribution in [3.63, 3.8) is 0 Å². The zero-order valence-corrected chi connectivity index (χ0v) is 14.1. The summed E-state index contributed by atoms with van der Waals surface area (Å²) in [5, 5.41) is 9.72. The van der Waals surface area contributed by atoms with Crippen LogP contribution in [0.3, 0.4) is 0 Å². The number of aliphatic hydroxyl groups is 1. The van der Waals surface area contributed by atoms with E-state index in [1.54, 1.807) is 18.7 Å². The molecule has 0 radical (unpaired) electrons. The Bertz CT molecular complexity index is 855. The van der Waals surface area contributed by atoms with Crippen molar-refractivity contribution >= 4 is 5.95 Å². The second kappa shape index (κ2) is 6.64. The summed E-state index contributed by atoms with van der Waals surface area (Å²) in [5.74, 6) is 1.52. The summed E-state index contributed by atoms with van der Waals surface area (Å²) < 4.78 is 5.49. The molecule has 0 aromatic carbocycles. The molecular weight excluding hydrogens is 316 g/mol. The summed E-state index contributed by atoms with van der Waals surface area (Å²) in [6.45, 7) is 3.46. The second-order valence-corrected chi connectivity index (χ2v) is 6.28. The molecule has 1 aliphatic heterocycles. The molecule has 0 unspecified atom stereocenters. The molecule has 128 valence electrons. The van der Waals surface area contributed by atoms with Crippen molar-refractivity contribution in [3.05, 3.63) is 48.8 Å². The van der Waals surface area contributed by atoms with Crippen LogP contribution >= 0.6 is 0 Å². The van der Waals surface area contributed by atoms with Gasteiger partial charge in [-0.1, -0.05) is 0 Å². The van der Waals surface area contributed by atoms with Crippen LogP contribution in [-0.2, 0) is 0 Å². The van der Waals surface area contributed by atoms with Crippen LogP contribution in [0.4, 0.5) is 5.95 Å². The van der Waals surface area contributed by atoms with Crippen LogP contribution in [0.1, 0.15) is 18.6 Å². The van der Waals surface area contributed by atoms with E-state index in [9.17, 15) is 5.11 Å². The first-order chi connectivity index (χ1) is 12.2. The lowest BCUT2D eigenvalue weighted by molar-refractivity contribution is 0.145. The zero-order valence-electron chi connectivity index (χ0n) is 14.1. The summed E-state index contributed by atoms with van der Waals surface area (Å²) in [6, 6.07) is 5.84. The maximum absolute atomic E-state index is 9.72. The molecule has 6 nitrogen and oxygen atoms in total. The van der Waals surface area contributed by atoms with E-state index in [-0.39, 0.29) is 6.10 Å². The lowest BCUT2D eigenvalue weighted by atomic mass is 10.0. The van der Waals surface area contributed by atoms with Gasteiger partial charge in [0.2, 0.25) is 5.95 Å². The van der Waals surface area contributed by atoms with Crippen LogP contribution in [0.25, 0.3) is 22.4 Å². The first-order valence-corrected chi connectivity index (χ1v) is 8.47. The summed E-state index contributed by atoms with van der Waals surface area (Å²) in [7, 11) is 0. The Morgan fingerprint density at radius 2 is 1.88 bits per heavy atom. The number of hydrogen-bond donors (Lipinski definition) is 1. The van der Waals surface area contributed by atoms with Crippen molar-refractivity contribution in [2.75, 3.05) is 18.0 Å². The Hall–Kier alpha value is -2.73. The first-order valence-electron chi connectivity index (χ1n) is 8.47. The van der Waals surface area contributed by atoms with E-state index < -0.39 is 0 Å². The van der Waals surface area contributed by atoms with E-state index in [0.29, 0.717) is 5.95 Å². The van der Waals surface area contributed by atoms with Crippen molar-refractivity contribution in [2.24, 2.45) is 0 Å². The average Bonchev–Trinajstić information content (AvgIpc) is 3.08. The lowest BCUT2D eigenvalue weighted by Gasteiger charge is -2.30. The van der Waals surface area contributed by atoms with Crippen molar-refractivity contribution < 1.29 is 9.52 Å². The molecular formula is C19H20N4O2. The van der Waals surface area contributed by atoms with E-state index in [4.69, 9.17) is 9.40 Å². The predicted molar refractivity (Wildman–Crippen MR) is 95.2 cm³/mol. The van der Waals surface area contributed by atoms with Crippen molar-refractivity contribution in [3.8, 4) is 22.4 Å². The van der Waals surface area contributed by atoms with E-state index in [1.165, 1.54) is 0 Å². The van der Waals surface area contributed by atoms with Crippen LogP contribution in [0.5, 0.6) is 0 Å². The molecule has 3 aromatic heterocycles. The van der Waals surface area contributed by atoms with Crippen molar-refractivity contribution in [2.45, 2.75) is 25.9 Å². The van der Waals surface area contributed by atoms with Gasteiger partial charge in [0.1, 0.15) is 5.76 Å². The number of piperidine rings is 1. The smallest absolute Gasteiger partial charge is 0.225 e. The molecule has 0 bridgehead atoms. The minimum Gasteiger partial charge on any atom is -0.469 e. The highest BCUT2D eigenvalue weighted by molar-refractivity contribution is 5.81. The summed E-state index contributed by atoms with van der Waals surface area (Å²) in [5.41, 5.74) is 3.79. The molecule has 1 aliphatic rings. The summed E-state index contributed by atoms with van der Waals surface area (Å²) in [4.78, 5) is 15.7. The molecule has 3 aromatic rings. The minimum absolute atomic E-state index is 0.220. The van der Waals surface area contributed by atoms with Crippen LogP contribution in [-0.4, -0.2) is 39.3 Å². The highest BCUT2D eigenvalue weighted by Crippen LogP contribution is 2.33. The first kappa shape index (κ1) is 15.8. The number of aromatic nitrogens is 3. The van der Waals surface area contributed by atoms with Gasteiger partial charge in [-0.3, -0.25) is 4.98 Å². The number of anilines is 1. The van der Waals surface area contributed by atoms with Gasteiger partial charge < -0.3 is 14.4 Å². The Morgan fingerprint density at radius 1 is 1.12 bits per heavy atom. The molecule has 4 heterocycles. The third-order valence-electron chi connectivity index (χ3n) is 4.63. The van der Waals surface area contributed by atoms with E-state index >= 15 is 0 Å². The normalized spacial score (nSPS) is 15.5. The van der Waals surface area contributed by atoms with Gasteiger partial charge in [0.25, 0.3) is 0 Å². The molecule has 1 saturated heterocycles. The summed E-state index contributed by atoms with van der Waals surface area (Å²) >= 11 is 0. The molecule has 0 amide bonds. The van der Waals surface area contributed by atoms with Gasteiger partial charge in [-0.15, -0.1) is 0 Å². The Labute approximate surface area is 146 Å².